The molecule has 1 unspecified atom stereocenters. The lowest BCUT2D eigenvalue weighted by Gasteiger charge is -2.34. The molecule has 2 aliphatic rings. The van der Waals surface area contributed by atoms with Gasteiger partial charge in [-0.15, -0.1) is 0 Å². The number of rotatable bonds is 2. The first-order chi connectivity index (χ1) is 11.5. The Morgan fingerprint density at radius 3 is 2.79 bits per heavy atom. The average Bonchev–Trinajstić information content (AvgIpc) is 2.99. The molecule has 0 radical (unpaired) electrons. The van der Waals surface area contributed by atoms with E-state index in [1.165, 1.54) is 4.31 Å². The van der Waals surface area contributed by atoms with E-state index in [2.05, 4.69) is 20.9 Å². The Bertz CT molecular complexity index is 872. The van der Waals surface area contributed by atoms with E-state index < -0.39 is 15.6 Å². The molecular formula is C16H15BrN2O4S. The Hall–Kier alpha value is -1.64. The van der Waals surface area contributed by atoms with E-state index in [1.54, 1.807) is 42.6 Å². The molecule has 2 aliphatic heterocycles. The monoisotopic (exact) mass is 410 g/mol. The summed E-state index contributed by atoms with van der Waals surface area (Å²) in [4.78, 5) is 4.45. The maximum Gasteiger partial charge on any atom is 0.257 e. The smallest absolute Gasteiger partial charge is 0.257 e. The first-order valence-electron chi connectivity index (χ1n) is 7.51. The van der Waals surface area contributed by atoms with Crippen molar-refractivity contribution in [3.63, 3.8) is 0 Å². The van der Waals surface area contributed by atoms with Gasteiger partial charge < -0.3 is 9.47 Å². The van der Waals surface area contributed by atoms with E-state index in [0.717, 1.165) is 4.47 Å². The molecule has 0 aliphatic carbocycles. The van der Waals surface area contributed by atoms with Gasteiger partial charge >= 0.3 is 0 Å². The highest BCUT2D eigenvalue weighted by atomic mass is 79.9. The maximum atomic E-state index is 12.8. The molecule has 1 fully saturated rings. The number of halogens is 1. The number of ether oxygens (including phenoxy) is 2. The SMILES string of the molecule is O=S(=O)(c1ccc(Br)cc1)N1CCC2(COc3cccnc3O2)C1. The second kappa shape index (κ2) is 5.72. The highest BCUT2D eigenvalue weighted by molar-refractivity contribution is 9.10. The highest BCUT2D eigenvalue weighted by Crippen LogP contribution is 2.38. The van der Waals surface area contributed by atoms with Crippen LogP contribution in [0.2, 0.25) is 0 Å². The largest absolute Gasteiger partial charge is 0.484 e. The first kappa shape index (κ1) is 15.9. The maximum absolute atomic E-state index is 12.8. The van der Waals surface area contributed by atoms with Crippen molar-refractivity contribution in [1.82, 2.24) is 9.29 Å². The summed E-state index contributed by atoms with van der Waals surface area (Å²) in [5.74, 6) is 1.02. The van der Waals surface area contributed by atoms with Crippen LogP contribution in [0.1, 0.15) is 6.42 Å². The third-order valence-electron chi connectivity index (χ3n) is 4.27. The van der Waals surface area contributed by atoms with Crippen molar-refractivity contribution in [3.05, 3.63) is 47.1 Å². The highest BCUT2D eigenvalue weighted by Gasteiger charge is 2.48. The van der Waals surface area contributed by atoms with Gasteiger partial charge in [-0.05, 0) is 36.4 Å². The van der Waals surface area contributed by atoms with Crippen LogP contribution in [0.3, 0.4) is 0 Å². The van der Waals surface area contributed by atoms with Crippen molar-refractivity contribution >= 4 is 26.0 Å². The minimum atomic E-state index is -3.55. The Labute approximate surface area is 148 Å². The third kappa shape index (κ3) is 2.68. The minimum absolute atomic E-state index is 0.251. The molecule has 1 atom stereocenters. The zero-order valence-corrected chi connectivity index (χ0v) is 15.1. The number of hydrogen-bond donors (Lipinski definition) is 0. The van der Waals surface area contributed by atoms with Crippen LogP contribution in [-0.2, 0) is 10.0 Å². The lowest BCUT2D eigenvalue weighted by Crippen LogP contribution is -2.48. The molecule has 24 heavy (non-hydrogen) atoms. The van der Waals surface area contributed by atoms with Crippen molar-refractivity contribution in [2.75, 3.05) is 19.7 Å². The van der Waals surface area contributed by atoms with Crippen LogP contribution in [-0.4, -0.2) is 43.0 Å². The number of nitrogens with zero attached hydrogens (tertiary/aromatic N) is 2. The molecule has 1 spiro atoms. The topological polar surface area (TPSA) is 68.7 Å². The summed E-state index contributed by atoms with van der Waals surface area (Å²) in [6, 6.07) is 10.2. The summed E-state index contributed by atoms with van der Waals surface area (Å²) in [6.07, 6.45) is 2.20. The van der Waals surface area contributed by atoms with E-state index >= 15 is 0 Å². The molecule has 1 saturated heterocycles. The van der Waals surface area contributed by atoms with Crippen LogP contribution in [0.25, 0.3) is 0 Å². The van der Waals surface area contributed by atoms with Crippen molar-refractivity contribution in [2.24, 2.45) is 0 Å². The summed E-state index contributed by atoms with van der Waals surface area (Å²) in [6.45, 7) is 0.962. The fourth-order valence-electron chi connectivity index (χ4n) is 2.98. The van der Waals surface area contributed by atoms with Crippen LogP contribution in [0.15, 0.2) is 52.0 Å². The molecule has 1 aromatic carbocycles. The Kier molecular flexibility index (Phi) is 3.78. The molecule has 8 heteroatoms. The van der Waals surface area contributed by atoms with E-state index in [-0.39, 0.29) is 11.4 Å². The Balaban J connectivity index is 1.58. The first-order valence-corrected chi connectivity index (χ1v) is 9.74. The van der Waals surface area contributed by atoms with Gasteiger partial charge in [0, 0.05) is 23.6 Å². The summed E-state index contributed by atoms with van der Waals surface area (Å²) in [7, 11) is -3.55. The Morgan fingerprint density at radius 1 is 1.21 bits per heavy atom. The predicted octanol–water partition coefficient (Wildman–Crippen LogP) is 2.45. The quantitative estimate of drug-likeness (QED) is 0.760. The second-order valence-corrected chi connectivity index (χ2v) is 8.78. The zero-order valence-electron chi connectivity index (χ0n) is 12.7. The number of benzene rings is 1. The van der Waals surface area contributed by atoms with Crippen LogP contribution in [0, 0.1) is 0 Å². The summed E-state index contributed by atoms with van der Waals surface area (Å²) in [5, 5.41) is 0. The number of fused-ring (bicyclic) bond motifs is 1. The number of hydrogen-bond acceptors (Lipinski definition) is 5. The number of pyridine rings is 1. The molecule has 1 aromatic heterocycles. The predicted molar refractivity (Wildman–Crippen MR) is 90.6 cm³/mol. The van der Waals surface area contributed by atoms with Crippen LogP contribution < -0.4 is 9.47 Å². The normalized spacial score (nSPS) is 23.5. The molecule has 0 amide bonds. The van der Waals surface area contributed by atoms with Crippen molar-refractivity contribution < 1.29 is 17.9 Å². The van der Waals surface area contributed by atoms with Gasteiger partial charge in [-0.25, -0.2) is 13.4 Å². The second-order valence-electron chi connectivity index (χ2n) is 5.92. The minimum Gasteiger partial charge on any atom is -0.484 e. The van der Waals surface area contributed by atoms with Crippen LogP contribution in [0.4, 0.5) is 0 Å². The molecule has 6 nitrogen and oxygen atoms in total. The van der Waals surface area contributed by atoms with Crippen molar-refractivity contribution in [2.45, 2.75) is 16.9 Å². The van der Waals surface area contributed by atoms with Gasteiger partial charge in [0.1, 0.15) is 6.61 Å². The van der Waals surface area contributed by atoms with E-state index in [0.29, 0.717) is 31.2 Å². The molecule has 2 aromatic rings. The molecule has 0 bridgehead atoms. The number of aromatic nitrogens is 1. The van der Waals surface area contributed by atoms with Gasteiger partial charge in [0.2, 0.25) is 10.0 Å². The Morgan fingerprint density at radius 2 is 2.00 bits per heavy atom. The van der Waals surface area contributed by atoms with E-state index in [4.69, 9.17) is 9.47 Å². The third-order valence-corrected chi connectivity index (χ3v) is 6.66. The van der Waals surface area contributed by atoms with Gasteiger partial charge in [0.25, 0.3) is 5.88 Å². The van der Waals surface area contributed by atoms with E-state index in [9.17, 15) is 8.42 Å². The van der Waals surface area contributed by atoms with Crippen LogP contribution in [0.5, 0.6) is 11.6 Å². The summed E-state index contributed by atoms with van der Waals surface area (Å²) in [5.41, 5.74) is -0.677. The van der Waals surface area contributed by atoms with Gasteiger partial charge in [-0.1, -0.05) is 15.9 Å². The van der Waals surface area contributed by atoms with Crippen molar-refractivity contribution in [1.29, 1.82) is 0 Å². The summed E-state index contributed by atoms with van der Waals surface area (Å²) < 4.78 is 39.7. The molecule has 0 saturated carbocycles. The van der Waals surface area contributed by atoms with Gasteiger partial charge in [0.05, 0.1) is 11.4 Å². The van der Waals surface area contributed by atoms with Crippen LogP contribution >= 0.6 is 15.9 Å². The number of sulfonamides is 1. The van der Waals surface area contributed by atoms with Crippen molar-refractivity contribution in [3.8, 4) is 11.6 Å². The molecule has 4 rings (SSSR count). The fraction of sp³-hybridized carbons (Fsp3) is 0.312. The standard InChI is InChI=1S/C16H15BrN2O4S/c17-12-3-5-13(6-4-12)24(20,21)19-9-7-16(10-19)11-22-14-2-1-8-18-15(14)23-16/h1-6,8H,7,9-11H2. The fourth-order valence-corrected chi connectivity index (χ4v) is 4.76. The van der Waals surface area contributed by atoms with E-state index in [1.807, 2.05) is 0 Å². The van der Waals surface area contributed by atoms with Gasteiger partial charge in [0.15, 0.2) is 11.4 Å². The lowest BCUT2D eigenvalue weighted by molar-refractivity contribution is -0.00107. The molecule has 3 heterocycles. The summed E-state index contributed by atoms with van der Waals surface area (Å²) >= 11 is 3.32. The average molecular weight is 411 g/mol. The zero-order chi connectivity index (χ0) is 16.8. The molecular weight excluding hydrogens is 396 g/mol. The lowest BCUT2D eigenvalue weighted by atomic mass is 10.0. The van der Waals surface area contributed by atoms with Gasteiger partial charge in [-0.2, -0.15) is 4.31 Å². The molecule has 0 N–H and O–H groups in total. The molecule has 126 valence electrons. The van der Waals surface area contributed by atoms with Gasteiger partial charge in [-0.3, -0.25) is 0 Å².